The van der Waals surface area contributed by atoms with Crippen LogP contribution >= 0.6 is 12.6 Å². The first-order chi connectivity index (χ1) is 5.97. The number of hydrogen-bond acceptors (Lipinski definition) is 2. The summed E-state index contributed by atoms with van der Waals surface area (Å²) in [5, 5.41) is 0. The van der Waals surface area contributed by atoms with Gasteiger partial charge in [0.1, 0.15) is 5.75 Å². The second kappa shape index (κ2) is 4.05. The first-order valence-electron chi connectivity index (χ1n) is 4.39. The summed E-state index contributed by atoms with van der Waals surface area (Å²) in [6.07, 6.45) is 0. The van der Waals surface area contributed by atoms with Gasteiger partial charge in [0, 0.05) is 4.90 Å². The molecule has 0 heterocycles. The Kier molecular flexibility index (Phi) is 3.26. The standard InChI is InChI=1S/C11H16OS/c1-11(2,3)8-12-9-4-6-10(13)7-5-9/h4-7,13H,8H2,1-3H3. The minimum Gasteiger partial charge on any atom is -0.493 e. The summed E-state index contributed by atoms with van der Waals surface area (Å²) >= 11 is 4.20. The molecule has 13 heavy (non-hydrogen) atoms. The van der Waals surface area contributed by atoms with Gasteiger partial charge < -0.3 is 4.74 Å². The summed E-state index contributed by atoms with van der Waals surface area (Å²) < 4.78 is 5.59. The Labute approximate surface area is 85.5 Å². The summed E-state index contributed by atoms with van der Waals surface area (Å²) in [5.41, 5.74) is 0.208. The van der Waals surface area contributed by atoms with E-state index in [9.17, 15) is 0 Å². The van der Waals surface area contributed by atoms with E-state index in [1.807, 2.05) is 24.3 Å². The monoisotopic (exact) mass is 196 g/mol. The third kappa shape index (κ3) is 4.23. The maximum Gasteiger partial charge on any atom is 0.119 e. The van der Waals surface area contributed by atoms with Crippen molar-refractivity contribution in [3.05, 3.63) is 24.3 Å². The van der Waals surface area contributed by atoms with Gasteiger partial charge >= 0.3 is 0 Å². The summed E-state index contributed by atoms with van der Waals surface area (Å²) in [5.74, 6) is 0.910. The minimum absolute atomic E-state index is 0.208. The molecule has 0 aliphatic carbocycles. The molecule has 1 rings (SSSR count). The van der Waals surface area contributed by atoms with Crippen molar-refractivity contribution in [1.29, 1.82) is 0 Å². The van der Waals surface area contributed by atoms with Crippen LogP contribution in [0.2, 0.25) is 0 Å². The van der Waals surface area contributed by atoms with Crippen LogP contribution in [-0.4, -0.2) is 6.61 Å². The van der Waals surface area contributed by atoms with E-state index >= 15 is 0 Å². The molecule has 0 aliphatic rings. The van der Waals surface area contributed by atoms with Gasteiger partial charge in [-0.3, -0.25) is 0 Å². The smallest absolute Gasteiger partial charge is 0.119 e. The second-order valence-electron chi connectivity index (χ2n) is 4.34. The highest BCUT2D eigenvalue weighted by molar-refractivity contribution is 7.80. The first kappa shape index (κ1) is 10.5. The summed E-state index contributed by atoms with van der Waals surface area (Å²) in [6, 6.07) is 7.74. The lowest BCUT2D eigenvalue weighted by Crippen LogP contribution is -2.16. The quantitative estimate of drug-likeness (QED) is 0.713. The molecular weight excluding hydrogens is 180 g/mol. The van der Waals surface area contributed by atoms with Gasteiger partial charge in [-0.2, -0.15) is 0 Å². The van der Waals surface area contributed by atoms with E-state index in [4.69, 9.17) is 4.74 Å². The molecule has 0 atom stereocenters. The highest BCUT2D eigenvalue weighted by Gasteiger charge is 2.10. The molecule has 0 radical (unpaired) electrons. The Hall–Kier alpha value is -0.630. The maximum absolute atomic E-state index is 5.59. The third-order valence-electron chi connectivity index (χ3n) is 1.51. The fourth-order valence-corrected chi connectivity index (χ4v) is 0.991. The zero-order chi connectivity index (χ0) is 9.90. The van der Waals surface area contributed by atoms with Crippen LogP contribution in [0.15, 0.2) is 29.2 Å². The Morgan fingerprint density at radius 3 is 2.15 bits per heavy atom. The molecule has 1 nitrogen and oxygen atoms in total. The van der Waals surface area contributed by atoms with Crippen molar-refractivity contribution in [3.8, 4) is 5.75 Å². The number of hydrogen-bond donors (Lipinski definition) is 1. The van der Waals surface area contributed by atoms with Crippen LogP contribution in [0.5, 0.6) is 5.75 Å². The lowest BCUT2D eigenvalue weighted by atomic mass is 9.99. The summed E-state index contributed by atoms with van der Waals surface area (Å²) in [7, 11) is 0. The predicted octanol–water partition coefficient (Wildman–Crippen LogP) is 3.40. The zero-order valence-electron chi connectivity index (χ0n) is 8.37. The van der Waals surface area contributed by atoms with Crippen molar-refractivity contribution < 1.29 is 4.74 Å². The predicted molar refractivity (Wildman–Crippen MR) is 58.6 cm³/mol. The van der Waals surface area contributed by atoms with E-state index in [1.165, 1.54) is 0 Å². The van der Waals surface area contributed by atoms with Crippen molar-refractivity contribution in [2.45, 2.75) is 25.7 Å². The topological polar surface area (TPSA) is 9.23 Å². The minimum atomic E-state index is 0.208. The zero-order valence-corrected chi connectivity index (χ0v) is 9.27. The van der Waals surface area contributed by atoms with Gasteiger partial charge in [0.05, 0.1) is 6.61 Å². The van der Waals surface area contributed by atoms with Gasteiger partial charge in [-0.05, 0) is 29.7 Å². The van der Waals surface area contributed by atoms with E-state index in [0.29, 0.717) is 0 Å². The van der Waals surface area contributed by atoms with Crippen molar-refractivity contribution in [2.24, 2.45) is 5.41 Å². The molecule has 0 spiro atoms. The molecule has 1 aromatic carbocycles. The summed E-state index contributed by atoms with van der Waals surface area (Å²) in [6.45, 7) is 7.19. The van der Waals surface area contributed by atoms with Crippen LogP contribution in [0.3, 0.4) is 0 Å². The van der Waals surface area contributed by atoms with Gasteiger partial charge in [0.25, 0.3) is 0 Å². The molecule has 0 saturated heterocycles. The Morgan fingerprint density at radius 2 is 1.69 bits per heavy atom. The molecular formula is C11H16OS. The molecule has 0 unspecified atom stereocenters. The van der Waals surface area contributed by atoms with E-state index in [2.05, 4.69) is 33.4 Å². The molecule has 0 saturated carbocycles. The number of ether oxygens (including phenoxy) is 1. The van der Waals surface area contributed by atoms with Crippen LogP contribution in [0.4, 0.5) is 0 Å². The third-order valence-corrected chi connectivity index (χ3v) is 1.81. The number of rotatable bonds is 2. The van der Waals surface area contributed by atoms with E-state index in [1.54, 1.807) is 0 Å². The normalized spacial score (nSPS) is 11.4. The Balaban J connectivity index is 2.51. The van der Waals surface area contributed by atoms with Crippen LogP contribution in [0.25, 0.3) is 0 Å². The summed E-state index contributed by atoms with van der Waals surface area (Å²) in [4.78, 5) is 0.961. The van der Waals surface area contributed by atoms with Crippen LogP contribution < -0.4 is 4.74 Å². The van der Waals surface area contributed by atoms with E-state index in [0.717, 1.165) is 17.3 Å². The number of thiol groups is 1. The van der Waals surface area contributed by atoms with Crippen molar-refractivity contribution in [1.82, 2.24) is 0 Å². The molecule has 0 amide bonds. The fraction of sp³-hybridized carbons (Fsp3) is 0.455. The van der Waals surface area contributed by atoms with Crippen molar-refractivity contribution in [3.63, 3.8) is 0 Å². The SMILES string of the molecule is CC(C)(C)COc1ccc(S)cc1. The van der Waals surface area contributed by atoms with E-state index < -0.39 is 0 Å². The molecule has 1 aromatic rings. The Bertz CT molecular complexity index is 258. The van der Waals surface area contributed by atoms with Crippen molar-refractivity contribution in [2.75, 3.05) is 6.61 Å². The van der Waals surface area contributed by atoms with Gasteiger partial charge in [0.15, 0.2) is 0 Å². The molecule has 0 fully saturated rings. The average Bonchev–Trinajstić information content (AvgIpc) is 2.02. The highest BCUT2D eigenvalue weighted by atomic mass is 32.1. The lowest BCUT2D eigenvalue weighted by molar-refractivity contribution is 0.198. The van der Waals surface area contributed by atoms with Gasteiger partial charge in [-0.15, -0.1) is 12.6 Å². The largest absolute Gasteiger partial charge is 0.493 e. The molecule has 0 N–H and O–H groups in total. The molecule has 0 aromatic heterocycles. The van der Waals surface area contributed by atoms with Gasteiger partial charge in [-0.1, -0.05) is 20.8 Å². The van der Waals surface area contributed by atoms with Crippen LogP contribution in [0, 0.1) is 5.41 Å². The molecule has 72 valence electrons. The van der Waals surface area contributed by atoms with Crippen LogP contribution in [0.1, 0.15) is 20.8 Å². The fourth-order valence-electron chi connectivity index (χ4n) is 0.842. The second-order valence-corrected chi connectivity index (χ2v) is 4.86. The highest BCUT2D eigenvalue weighted by Crippen LogP contribution is 2.18. The maximum atomic E-state index is 5.59. The first-order valence-corrected chi connectivity index (χ1v) is 4.84. The molecule has 2 heteroatoms. The van der Waals surface area contributed by atoms with Crippen molar-refractivity contribution >= 4 is 12.6 Å². The molecule has 0 aliphatic heterocycles. The average molecular weight is 196 g/mol. The van der Waals surface area contributed by atoms with Gasteiger partial charge in [-0.25, -0.2) is 0 Å². The number of benzene rings is 1. The van der Waals surface area contributed by atoms with E-state index in [-0.39, 0.29) is 5.41 Å². The molecule has 0 bridgehead atoms. The van der Waals surface area contributed by atoms with Gasteiger partial charge in [0.2, 0.25) is 0 Å². The Morgan fingerprint density at radius 1 is 1.15 bits per heavy atom. The van der Waals surface area contributed by atoms with Crippen LogP contribution in [-0.2, 0) is 0 Å². The lowest BCUT2D eigenvalue weighted by Gasteiger charge is -2.18.